The Balaban J connectivity index is 1.97. The zero-order chi connectivity index (χ0) is 13.3. The monoisotopic (exact) mass is 259 g/mol. The lowest BCUT2D eigenvalue weighted by atomic mass is 9.59. The van der Waals surface area contributed by atoms with Gasteiger partial charge < -0.3 is 9.64 Å². The van der Waals surface area contributed by atoms with Crippen molar-refractivity contribution in [1.82, 2.24) is 4.90 Å². The first-order valence-corrected chi connectivity index (χ1v) is 7.58. The molecular formula is C17H25NO. The molecule has 2 heteroatoms. The highest BCUT2D eigenvalue weighted by molar-refractivity contribution is 5.35. The van der Waals surface area contributed by atoms with E-state index in [9.17, 15) is 0 Å². The summed E-state index contributed by atoms with van der Waals surface area (Å²) in [6.45, 7) is 2.49. The fourth-order valence-electron chi connectivity index (χ4n) is 4.22. The minimum atomic E-state index is 0.416. The van der Waals surface area contributed by atoms with Crippen LogP contribution in [-0.4, -0.2) is 32.1 Å². The molecule has 2 fully saturated rings. The Morgan fingerprint density at radius 1 is 1.26 bits per heavy atom. The number of nitrogens with zero attached hydrogens (tertiary/aromatic N) is 1. The maximum atomic E-state index is 5.43. The Bertz CT molecular complexity index is 445. The fraction of sp³-hybridized carbons (Fsp3) is 0.647. The number of benzene rings is 1. The zero-order valence-electron chi connectivity index (χ0n) is 12.2. The standard InChI is InChI=1S/C17H25NO/c1-18-11-10-17(9-4-3-6-15(17)13-18)14-7-5-8-16(12-14)19-2/h5,7-8,12,15H,3-4,6,9-11,13H2,1-2H3/t15-,17+/m1/s1. The molecule has 19 heavy (non-hydrogen) atoms. The Kier molecular flexibility index (Phi) is 3.53. The van der Waals surface area contributed by atoms with Gasteiger partial charge in [-0.1, -0.05) is 25.0 Å². The second-order valence-electron chi connectivity index (χ2n) is 6.34. The van der Waals surface area contributed by atoms with Crippen molar-refractivity contribution in [1.29, 1.82) is 0 Å². The van der Waals surface area contributed by atoms with Gasteiger partial charge in [0.2, 0.25) is 0 Å². The van der Waals surface area contributed by atoms with Crippen molar-refractivity contribution in [3.05, 3.63) is 29.8 Å². The molecular weight excluding hydrogens is 234 g/mol. The van der Waals surface area contributed by atoms with E-state index in [-0.39, 0.29) is 0 Å². The van der Waals surface area contributed by atoms with Gasteiger partial charge in [-0.25, -0.2) is 0 Å². The fourth-order valence-corrected chi connectivity index (χ4v) is 4.22. The van der Waals surface area contributed by atoms with Gasteiger partial charge in [0.15, 0.2) is 0 Å². The molecule has 0 aromatic heterocycles. The van der Waals surface area contributed by atoms with Crippen LogP contribution < -0.4 is 4.74 Å². The number of hydrogen-bond donors (Lipinski definition) is 0. The number of likely N-dealkylation sites (tertiary alicyclic amines) is 1. The predicted octanol–water partition coefficient (Wildman–Crippen LogP) is 3.46. The van der Waals surface area contributed by atoms with Crippen LogP contribution in [0.25, 0.3) is 0 Å². The minimum absolute atomic E-state index is 0.416. The smallest absolute Gasteiger partial charge is 0.119 e. The van der Waals surface area contributed by atoms with Gasteiger partial charge in [-0.05, 0) is 56.5 Å². The first-order valence-electron chi connectivity index (χ1n) is 7.58. The van der Waals surface area contributed by atoms with Crippen LogP contribution in [0.3, 0.4) is 0 Å². The molecule has 2 nitrogen and oxygen atoms in total. The van der Waals surface area contributed by atoms with Crippen LogP contribution in [0.1, 0.15) is 37.7 Å². The van der Waals surface area contributed by atoms with Crippen molar-refractivity contribution in [3.8, 4) is 5.75 Å². The second-order valence-corrected chi connectivity index (χ2v) is 6.34. The first kappa shape index (κ1) is 13.0. The van der Waals surface area contributed by atoms with Gasteiger partial charge >= 0.3 is 0 Å². The summed E-state index contributed by atoms with van der Waals surface area (Å²) >= 11 is 0. The SMILES string of the molecule is COc1cccc([C@@]23CCCC[C@@H]2CN(C)CC3)c1. The Hall–Kier alpha value is -1.02. The van der Waals surface area contributed by atoms with Gasteiger partial charge in [-0.15, -0.1) is 0 Å². The molecule has 104 valence electrons. The van der Waals surface area contributed by atoms with Crippen LogP contribution in [0.5, 0.6) is 5.75 Å². The number of fused-ring (bicyclic) bond motifs is 1. The molecule has 0 spiro atoms. The van der Waals surface area contributed by atoms with Crippen molar-refractivity contribution in [2.45, 2.75) is 37.5 Å². The van der Waals surface area contributed by atoms with Crippen LogP contribution in [0.15, 0.2) is 24.3 Å². The molecule has 0 unspecified atom stereocenters. The van der Waals surface area contributed by atoms with Gasteiger partial charge in [0.05, 0.1) is 7.11 Å². The highest BCUT2D eigenvalue weighted by Gasteiger charge is 2.44. The summed E-state index contributed by atoms with van der Waals surface area (Å²) in [5.74, 6) is 1.84. The molecule has 2 aliphatic rings. The van der Waals surface area contributed by atoms with Crippen molar-refractivity contribution in [3.63, 3.8) is 0 Å². The Morgan fingerprint density at radius 2 is 2.16 bits per heavy atom. The molecule has 1 aliphatic carbocycles. The average Bonchev–Trinajstić information content (AvgIpc) is 2.47. The van der Waals surface area contributed by atoms with E-state index >= 15 is 0 Å². The van der Waals surface area contributed by atoms with Gasteiger partial charge in [-0.2, -0.15) is 0 Å². The second kappa shape index (κ2) is 5.16. The minimum Gasteiger partial charge on any atom is -0.497 e. The number of piperidine rings is 1. The van der Waals surface area contributed by atoms with Crippen LogP contribution in [-0.2, 0) is 5.41 Å². The topological polar surface area (TPSA) is 12.5 Å². The molecule has 1 saturated heterocycles. The van der Waals surface area contributed by atoms with E-state index < -0.39 is 0 Å². The molecule has 1 aliphatic heterocycles. The van der Waals surface area contributed by atoms with Gasteiger partial charge in [-0.3, -0.25) is 0 Å². The van der Waals surface area contributed by atoms with E-state index in [4.69, 9.17) is 4.74 Å². The normalized spacial score (nSPS) is 31.8. The van der Waals surface area contributed by atoms with Crippen molar-refractivity contribution in [2.24, 2.45) is 5.92 Å². The molecule has 1 aromatic carbocycles. The Labute approximate surface area is 116 Å². The van der Waals surface area contributed by atoms with Crippen molar-refractivity contribution >= 4 is 0 Å². The number of ether oxygens (including phenoxy) is 1. The van der Waals surface area contributed by atoms with Crippen molar-refractivity contribution in [2.75, 3.05) is 27.2 Å². The third-order valence-electron chi connectivity index (χ3n) is 5.32. The molecule has 2 atom stereocenters. The van der Waals surface area contributed by atoms with Crippen LogP contribution in [0, 0.1) is 5.92 Å². The summed E-state index contributed by atoms with van der Waals surface area (Å²) in [7, 11) is 4.04. The predicted molar refractivity (Wildman–Crippen MR) is 78.7 cm³/mol. The summed E-state index contributed by atoms with van der Waals surface area (Å²) in [5, 5.41) is 0. The van der Waals surface area contributed by atoms with Crippen LogP contribution in [0.4, 0.5) is 0 Å². The van der Waals surface area contributed by atoms with E-state index in [2.05, 4.69) is 36.2 Å². The van der Waals surface area contributed by atoms with E-state index in [0.717, 1.165) is 11.7 Å². The largest absolute Gasteiger partial charge is 0.497 e. The summed E-state index contributed by atoms with van der Waals surface area (Å²) in [6.07, 6.45) is 6.85. The summed E-state index contributed by atoms with van der Waals surface area (Å²) < 4.78 is 5.43. The van der Waals surface area contributed by atoms with Crippen LogP contribution in [0.2, 0.25) is 0 Å². The third-order valence-corrected chi connectivity index (χ3v) is 5.32. The van der Waals surface area contributed by atoms with E-state index in [1.807, 2.05) is 0 Å². The molecule has 1 saturated carbocycles. The summed E-state index contributed by atoms with van der Waals surface area (Å²) in [5.41, 5.74) is 1.93. The van der Waals surface area contributed by atoms with Gasteiger partial charge in [0.25, 0.3) is 0 Å². The maximum absolute atomic E-state index is 5.43. The van der Waals surface area contributed by atoms with Gasteiger partial charge in [0.1, 0.15) is 5.75 Å². The summed E-state index contributed by atoms with van der Waals surface area (Å²) in [4.78, 5) is 2.51. The molecule has 0 radical (unpaired) electrons. The number of rotatable bonds is 2. The Morgan fingerprint density at radius 3 is 3.00 bits per heavy atom. The molecule has 3 rings (SSSR count). The average molecular weight is 259 g/mol. The molecule has 0 bridgehead atoms. The van der Waals surface area contributed by atoms with E-state index in [1.165, 1.54) is 50.8 Å². The lowest BCUT2D eigenvalue weighted by Gasteiger charge is -2.50. The lowest BCUT2D eigenvalue weighted by Crippen LogP contribution is -2.50. The van der Waals surface area contributed by atoms with Crippen LogP contribution >= 0.6 is 0 Å². The quantitative estimate of drug-likeness (QED) is 0.806. The van der Waals surface area contributed by atoms with Gasteiger partial charge in [0, 0.05) is 12.0 Å². The lowest BCUT2D eigenvalue weighted by molar-refractivity contribution is 0.0706. The zero-order valence-corrected chi connectivity index (χ0v) is 12.2. The highest BCUT2D eigenvalue weighted by Crippen LogP contribution is 2.49. The maximum Gasteiger partial charge on any atom is 0.119 e. The molecule has 0 N–H and O–H groups in total. The molecule has 1 heterocycles. The summed E-state index contributed by atoms with van der Waals surface area (Å²) in [6, 6.07) is 8.83. The third kappa shape index (κ3) is 2.27. The van der Waals surface area contributed by atoms with Crippen molar-refractivity contribution < 1.29 is 4.74 Å². The first-order chi connectivity index (χ1) is 9.24. The van der Waals surface area contributed by atoms with E-state index in [0.29, 0.717) is 5.41 Å². The van der Waals surface area contributed by atoms with E-state index in [1.54, 1.807) is 7.11 Å². The number of methoxy groups -OCH3 is 1. The molecule has 0 amide bonds. The molecule has 1 aromatic rings. The highest BCUT2D eigenvalue weighted by atomic mass is 16.5. The number of hydrogen-bond acceptors (Lipinski definition) is 2.